The van der Waals surface area contributed by atoms with Gasteiger partial charge in [0, 0.05) is 19.3 Å². The third-order valence-corrected chi connectivity index (χ3v) is 14.7. The van der Waals surface area contributed by atoms with Crippen molar-refractivity contribution in [2.45, 2.75) is 354 Å². The molecule has 0 spiro atoms. The summed E-state index contributed by atoms with van der Waals surface area (Å²) in [7, 11) is 0. The third-order valence-electron chi connectivity index (χ3n) is 14.7. The number of hydrogen-bond donors (Lipinski definition) is 0. The fourth-order valence-electron chi connectivity index (χ4n) is 9.68. The van der Waals surface area contributed by atoms with E-state index >= 15 is 0 Å². The van der Waals surface area contributed by atoms with Gasteiger partial charge in [-0.2, -0.15) is 0 Å². The Labute approximate surface area is 472 Å². The number of hydrogen-bond acceptors (Lipinski definition) is 6. The minimum atomic E-state index is -0.779. The van der Waals surface area contributed by atoms with Crippen LogP contribution < -0.4 is 0 Å². The van der Waals surface area contributed by atoms with Crippen molar-refractivity contribution in [2.24, 2.45) is 0 Å². The summed E-state index contributed by atoms with van der Waals surface area (Å²) in [6.45, 7) is 6.58. The smallest absolute Gasteiger partial charge is 0.306 e. The predicted octanol–water partition coefficient (Wildman–Crippen LogP) is 22.7. The van der Waals surface area contributed by atoms with Crippen LogP contribution in [0.5, 0.6) is 0 Å². The lowest BCUT2D eigenvalue weighted by Crippen LogP contribution is -2.30. The van der Waals surface area contributed by atoms with Crippen molar-refractivity contribution in [1.82, 2.24) is 0 Å². The molecule has 1 unspecified atom stereocenters. The molecular formula is C70H126O6. The Bertz CT molecular complexity index is 1360. The van der Waals surface area contributed by atoms with Crippen LogP contribution in [-0.2, 0) is 28.6 Å². The lowest BCUT2D eigenvalue weighted by atomic mass is 10.0. The standard InChI is InChI=1S/C70H126O6/c1-4-7-10-13-16-19-22-24-26-27-28-29-30-31-32-33-34-35-36-37-38-39-40-41-42-43-45-46-48-51-54-57-60-63-69(72)75-66-67(65-74-68(71)62-59-56-53-50-21-18-15-12-9-6-3)76-70(73)64-61-58-55-52-49-47-44-25-23-20-17-14-11-8-5-2/h12,15,22,24-25,27-28,30-31,44,67H,4-11,13-14,16-21,23,26,29,32-43,45-66H2,1-3H3/b15-12-,24-22-,28-27-,31-30-,44-25-. The third kappa shape index (κ3) is 62.0. The first-order valence-corrected chi connectivity index (χ1v) is 33.3. The summed E-state index contributed by atoms with van der Waals surface area (Å²) in [5.74, 6) is -0.881. The highest BCUT2D eigenvalue weighted by molar-refractivity contribution is 5.71. The van der Waals surface area contributed by atoms with E-state index in [4.69, 9.17) is 14.2 Å². The molecule has 0 saturated heterocycles. The highest BCUT2D eigenvalue weighted by atomic mass is 16.6. The highest BCUT2D eigenvalue weighted by Crippen LogP contribution is 2.17. The molecule has 0 aromatic carbocycles. The van der Waals surface area contributed by atoms with Crippen molar-refractivity contribution in [2.75, 3.05) is 13.2 Å². The summed E-state index contributed by atoms with van der Waals surface area (Å²) in [5.41, 5.74) is 0. The molecule has 6 heteroatoms. The van der Waals surface area contributed by atoms with Gasteiger partial charge in [0.2, 0.25) is 0 Å². The van der Waals surface area contributed by atoms with Crippen molar-refractivity contribution in [3.63, 3.8) is 0 Å². The van der Waals surface area contributed by atoms with Crippen LogP contribution in [-0.4, -0.2) is 37.2 Å². The van der Waals surface area contributed by atoms with E-state index in [9.17, 15) is 14.4 Å². The van der Waals surface area contributed by atoms with E-state index < -0.39 is 6.10 Å². The molecule has 0 radical (unpaired) electrons. The minimum absolute atomic E-state index is 0.0769. The first kappa shape index (κ1) is 73.1. The normalized spacial score (nSPS) is 12.4. The van der Waals surface area contributed by atoms with Crippen LogP contribution in [0.1, 0.15) is 348 Å². The fraction of sp³-hybridized carbons (Fsp3) is 0.814. The van der Waals surface area contributed by atoms with E-state index in [1.807, 2.05) is 0 Å². The van der Waals surface area contributed by atoms with Crippen LogP contribution >= 0.6 is 0 Å². The summed E-state index contributed by atoms with van der Waals surface area (Å²) in [5, 5.41) is 0. The van der Waals surface area contributed by atoms with Crippen LogP contribution in [0.4, 0.5) is 0 Å². The van der Waals surface area contributed by atoms with Crippen LogP contribution in [0.15, 0.2) is 60.8 Å². The number of carbonyl (C=O) groups is 3. The Hall–Kier alpha value is -2.89. The van der Waals surface area contributed by atoms with Gasteiger partial charge in [-0.25, -0.2) is 0 Å². The maximum absolute atomic E-state index is 12.9. The van der Waals surface area contributed by atoms with E-state index in [0.717, 1.165) is 89.9 Å². The molecule has 0 amide bonds. The molecule has 6 nitrogen and oxygen atoms in total. The molecule has 0 bridgehead atoms. The summed E-state index contributed by atoms with van der Waals surface area (Å²) >= 11 is 0. The highest BCUT2D eigenvalue weighted by Gasteiger charge is 2.19. The van der Waals surface area contributed by atoms with Gasteiger partial charge in [0.1, 0.15) is 13.2 Å². The summed E-state index contributed by atoms with van der Waals surface area (Å²) in [6, 6.07) is 0. The molecule has 0 aliphatic rings. The molecular weight excluding hydrogens is 937 g/mol. The number of allylic oxidation sites excluding steroid dienone is 10. The topological polar surface area (TPSA) is 78.9 Å². The molecule has 0 rings (SSSR count). The first-order chi connectivity index (χ1) is 37.5. The average Bonchev–Trinajstić information content (AvgIpc) is 3.42. The molecule has 0 aromatic heterocycles. The zero-order valence-electron chi connectivity index (χ0n) is 50.8. The van der Waals surface area contributed by atoms with Crippen molar-refractivity contribution in [3.05, 3.63) is 60.8 Å². The Morgan fingerprint density at radius 3 is 0.803 bits per heavy atom. The second-order valence-electron chi connectivity index (χ2n) is 22.4. The van der Waals surface area contributed by atoms with Crippen LogP contribution in [0.3, 0.4) is 0 Å². The Morgan fingerprint density at radius 2 is 0.500 bits per heavy atom. The first-order valence-electron chi connectivity index (χ1n) is 33.3. The molecule has 1 atom stereocenters. The summed E-state index contributed by atoms with van der Waals surface area (Å²) in [4.78, 5) is 38.2. The van der Waals surface area contributed by atoms with Gasteiger partial charge in [-0.15, -0.1) is 0 Å². The molecule has 442 valence electrons. The van der Waals surface area contributed by atoms with Crippen LogP contribution in [0, 0.1) is 0 Å². The zero-order valence-corrected chi connectivity index (χ0v) is 50.8. The quantitative estimate of drug-likeness (QED) is 0.0261. The summed E-state index contributed by atoms with van der Waals surface area (Å²) in [6.07, 6.45) is 82.6. The van der Waals surface area contributed by atoms with Crippen molar-refractivity contribution in [1.29, 1.82) is 0 Å². The van der Waals surface area contributed by atoms with E-state index in [0.29, 0.717) is 19.3 Å². The number of carbonyl (C=O) groups excluding carboxylic acids is 3. The van der Waals surface area contributed by atoms with Gasteiger partial charge in [-0.1, -0.05) is 287 Å². The van der Waals surface area contributed by atoms with Gasteiger partial charge in [-0.05, 0) is 103 Å². The Balaban J connectivity index is 4.07. The monoisotopic (exact) mass is 1060 g/mol. The SMILES string of the molecule is CCC/C=C\CCCCCCCC(=O)OCC(COC(=O)CCCCCCCCCCCCCCCCCCCC/C=C\C/C=C\C/C=C\CCCCCCC)OC(=O)CCCCCCC/C=C\CCCCCCCC. The second kappa shape index (κ2) is 64.6. The molecule has 0 saturated carbocycles. The maximum atomic E-state index is 12.9. The molecule has 0 aromatic rings. The Morgan fingerprint density at radius 1 is 0.263 bits per heavy atom. The van der Waals surface area contributed by atoms with E-state index in [-0.39, 0.29) is 31.1 Å². The largest absolute Gasteiger partial charge is 0.462 e. The molecule has 0 aliphatic heterocycles. The van der Waals surface area contributed by atoms with Crippen LogP contribution in [0.25, 0.3) is 0 Å². The van der Waals surface area contributed by atoms with E-state index in [1.54, 1.807) is 0 Å². The molecule has 0 N–H and O–H groups in total. The fourth-order valence-corrected chi connectivity index (χ4v) is 9.68. The lowest BCUT2D eigenvalue weighted by molar-refractivity contribution is -0.167. The van der Waals surface area contributed by atoms with E-state index in [1.165, 1.54) is 218 Å². The van der Waals surface area contributed by atoms with Gasteiger partial charge in [0.15, 0.2) is 6.10 Å². The second-order valence-corrected chi connectivity index (χ2v) is 22.4. The van der Waals surface area contributed by atoms with Crippen molar-refractivity contribution < 1.29 is 28.6 Å². The molecule has 0 heterocycles. The minimum Gasteiger partial charge on any atom is -0.462 e. The predicted molar refractivity (Wildman–Crippen MR) is 330 cm³/mol. The van der Waals surface area contributed by atoms with Crippen molar-refractivity contribution in [3.8, 4) is 0 Å². The number of esters is 3. The van der Waals surface area contributed by atoms with Gasteiger partial charge >= 0.3 is 17.9 Å². The van der Waals surface area contributed by atoms with Crippen molar-refractivity contribution >= 4 is 17.9 Å². The Kier molecular flexibility index (Phi) is 62.2. The molecule has 0 fully saturated rings. The van der Waals surface area contributed by atoms with Gasteiger partial charge in [-0.3, -0.25) is 14.4 Å². The van der Waals surface area contributed by atoms with Crippen LogP contribution in [0.2, 0.25) is 0 Å². The number of rotatable bonds is 61. The molecule has 0 aliphatic carbocycles. The summed E-state index contributed by atoms with van der Waals surface area (Å²) < 4.78 is 16.9. The lowest BCUT2D eigenvalue weighted by Gasteiger charge is -2.18. The van der Waals surface area contributed by atoms with Gasteiger partial charge < -0.3 is 14.2 Å². The number of ether oxygens (including phenoxy) is 3. The van der Waals surface area contributed by atoms with Gasteiger partial charge in [0.05, 0.1) is 0 Å². The van der Waals surface area contributed by atoms with E-state index in [2.05, 4.69) is 81.5 Å². The number of unbranched alkanes of at least 4 members (excludes halogenated alkanes) is 40. The van der Waals surface area contributed by atoms with Gasteiger partial charge in [0.25, 0.3) is 0 Å². The maximum Gasteiger partial charge on any atom is 0.306 e. The average molecular weight is 1060 g/mol. The zero-order chi connectivity index (χ0) is 55.0. The molecule has 76 heavy (non-hydrogen) atoms.